The first-order chi connectivity index (χ1) is 13.5. The van der Waals surface area contributed by atoms with Gasteiger partial charge in [0.05, 0.1) is 6.10 Å². The standard InChI is InChI=1S/C22H34BNO4Si/c1-17(27-20-12-10-19(11-13-20)23(25)26)21(28-29(5,6)22(2,3)4)14-9-18-8-7-15-24-16-18/h7-8,10-13,15-17,21,25-26H,9,14H2,1-6H3. The zero-order chi connectivity index (χ0) is 21.7. The van der Waals surface area contributed by atoms with E-state index in [0.29, 0.717) is 11.2 Å². The van der Waals surface area contributed by atoms with Gasteiger partial charge in [0.15, 0.2) is 8.32 Å². The molecule has 0 amide bonds. The van der Waals surface area contributed by atoms with Crippen molar-refractivity contribution in [1.82, 2.24) is 4.98 Å². The van der Waals surface area contributed by atoms with Crippen LogP contribution >= 0.6 is 0 Å². The fourth-order valence-corrected chi connectivity index (χ4v) is 4.23. The maximum atomic E-state index is 9.26. The largest absolute Gasteiger partial charge is 0.488 e. The summed E-state index contributed by atoms with van der Waals surface area (Å²) in [5.41, 5.74) is 1.63. The summed E-state index contributed by atoms with van der Waals surface area (Å²) in [7, 11) is -3.45. The lowest BCUT2D eigenvalue weighted by atomic mass is 9.80. The van der Waals surface area contributed by atoms with Crippen LogP contribution in [0.1, 0.15) is 39.7 Å². The Kier molecular flexibility index (Phi) is 8.05. The van der Waals surface area contributed by atoms with Crippen molar-refractivity contribution in [2.24, 2.45) is 0 Å². The highest BCUT2D eigenvalue weighted by atomic mass is 28.4. The molecule has 0 aliphatic rings. The van der Waals surface area contributed by atoms with E-state index in [9.17, 15) is 10.0 Å². The summed E-state index contributed by atoms with van der Waals surface area (Å²) in [6.07, 6.45) is 5.19. The van der Waals surface area contributed by atoms with E-state index in [4.69, 9.17) is 9.16 Å². The first kappa shape index (κ1) is 23.6. The van der Waals surface area contributed by atoms with E-state index in [0.717, 1.165) is 12.8 Å². The topological polar surface area (TPSA) is 71.8 Å². The van der Waals surface area contributed by atoms with E-state index in [1.54, 1.807) is 30.5 Å². The molecule has 29 heavy (non-hydrogen) atoms. The molecule has 1 aromatic heterocycles. The zero-order valence-electron chi connectivity index (χ0n) is 18.4. The molecule has 0 aliphatic carbocycles. The molecular formula is C22H34BNO4Si. The first-order valence-electron chi connectivity index (χ1n) is 10.2. The molecular weight excluding hydrogens is 381 g/mol. The lowest BCUT2D eigenvalue weighted by Crippen LogP contribution is -2.47. The van der Waals surface area contributed by atoms with Crippen molar-refractivity contribution < 1.29 is 19.2 Å². The van der Waals surface area contributed by atoms with Crippen LogP contribution in [0.15, 0.2) is 48.8 Å². The van der Waals surface area contributed by atoms with Gasteiger partial charge in [-0.3, -0.25) is 4.98 Å². The number of pyridine rings is 1. The van der Waals surface area contributed by atoms with Crippen molar-refractivity contribution in [2.45, 2.75) is 70.9 Å². The summed E-state index contributed by atoms with van der Waals surface area (Å²) in [4.78, 5) is 4.21. The van der Waals surface area contributed by atoms with Gasteiger partial charge in [0.1, 0.15) is 11.9 Å². The second-order valence-electron chi connectivity index (χ2n) is 9.08. The maximum Gasteiger partial charge on any atom is 0.488 e. The van der Waals surface area contributed by atoms with E-state index < -0.39 is 15.4 Å². The Bertz CT molecular complexity index is 748. The number of hydrogen-bond acceptors (Lipinski definition) is 5. The van der Waals surface area contributed by atoms with E-state index in [2.05, 4.69) is 44.9 Å². The third kappa shape index (κ3) is 6.96. The minimum atomic E-state index is -1.97. The lowest BCUT2D eigenvalue weighted by Gasteiger charge is -2.41. The summed E-state index contributed by atoms with van der Waals surface area (Å²) >= 11 is 0. The van der Waals surface area contributed by atoms with Crippen LogP contribution in [0, 0.1) is 0 Å². The molecule has 2 atom stereocenters. The van der Waals surface area contributed by atoms with Gasteiger partial charge in [-0.2, -0.15) is 0 Å². The Morgan fingerprint density at radius 2 is 1.76 bits per heavy atom. The molecule has 1 heterocycles. The van der Waals surface area contributed by atoms with Gasteiger partial charge < -0.3 is 19.2 Å². The second kappa shape index (κ2) is 9.89. The van der Waals surface area contributed by atoms with E-state index >= 15 is 0 Å². The summed E-state index contributed by atoms with van der Waals surface area (Å²) in [6.45, 7) is 13.3. The number of ether oxygens (including phenoxy) is 1. The number of nitrogens with zero attached hydrogens (tertiary/aromatic N) is 1. The van der Waals surface area contributed by atoms with Gasteiger partial charge in [-0.1, -0.05) is 39.0 Å². The molecule has 0 spiro atoms. The van der Waals surface area contributed by atoms with Gasteiger partial charge in [-0.15, -0.1) is 0 Å². The molecule has 0 saturated heterocycles. The van der Waals surface area contributed by atoms with Crippen LogP contribution in [0.2, 0.25) is 18.1 Å². The number of aryl methyl sites for hydroxylation is 1. The average Bonchev–Trinajstić information content (AvgIpc) is 2.65. The Morgan fingerprint density at radius 1 is 1.10 bits per heavy atom. The molecule has 0 aliphatic heterocycles. The summed E-state index contributed by atoms with van der Waals surface area (Å²) < 4.78 is 12.9. The van der Waals surface area contributed by atoms with E-state index in [1.165, 1.54) is 5.56 Å². The fourth-order valence-electron chi connectivity index (χ4n) is 2.81. The van der Waals surface area contributed by atoms with Crippen molar-refractivity contribution in [3.8, 4) is 5.75 Å². The smallest absolute Gasteiger partial charge is 0.488 e. The van der Waals surface area contributed by atoms with Crippen molar-refractivity contribution in [3.05, 3.63) is 54.4 Å². The first-order valence-corrected chi connectivity index (χ1v) is 13.1. The number of benzene rings is 1. The Balaban J connectivity index is 2.13. The van der Waals surface area contributed by atoms with Crippen LogP contribution in [-0.2, 0) is 10.8 Å². The van der Waals surface area contributed by atoms with E-state index in [1.807, 2.05) is 19.2 Å². The van der Waals surface area contributed by atoms with Gasteiger partial charge in [0.25, 0.3) is 0 Å². The van der Waals surface area contributed by atoms with Gasteiger partial charge in [-0.05, 0) is 67.1 Å². The quantitative estimate of drug-likeness (QED) is 0.613. The summed E-state index contributed by atoms with van der Waals surface area (Å²) in [5, 5.41) is 18.6. The number of rotatable bonds is 9. The highest BCUT2D eigenvalue weighted by Gasteiger charge is 2.40. The molecule has 2 unspecified atom stereocenters. The summed E-state index contributed by atoms with van der Waals surface area (Å²) in [6, 6.07) is 10.9. The molecule has 1 aromatic carbocycles. The highest BCUT2D eigenvalue weighted by molar-refractivity contribution is 6.74. The Morgan fingerprint density at radius 3 is 2.28 bits per heavy atom. The minimum Gasteiger partial charge on any atom is -0.488 e. The Hall–Kier alpha value is -1.67. The minimum absolute atomic E-state index is 0.0563. The molecule has 7 heteroatoms. The lowest BCUT2D eigenvalue weighted by molar-refractivity contribution is 0.0500. The van der Waals surface area contributed by atoms with Crippen molar-refractivity contribution in [3.63, 3.8) is 0 Å². The van der Waals surface area contributed by atoms with Gasteiger partial charge in [0, 0.05) is 12.4 Å². The van der Waals surface area contributed by atoms with E-state index in [-0.39, 0.29) is 17.2 Å². The van der Waals surface area contributed by atoms with Gasteiger partial charge in [-0.25, -0.2) is 0 Å². The maximum absolute atomic E-state index is 9.26. The van der Waals surface area contributed by atoms with Crippen LogP contribution in [0.4, 0.5) is 0 Å². The number of aromatic nitrogens is 1. The van der Waals surface area contributed by atoms with Crippen molar-refractivity contribution >= 4 is 20.9 Å². The average molecular weight is 415 g/mol. The highest BCUT2D eigenvalue weighted by Crippen LogP contribution is 2.38. The van der Waals surface area contributed by atoms with Crippen LogP contribution in [0.25, 0.3) is 0 Å². The normalized spacial score (nSPS) is 14.3. The zero-order valence-corrected chi connectivity index (χ0v) is 19.4. The molecule has 2 rings (SSSR count). The third-order valence-corrected chi connectivity index (χ3v) is 10.2. The van der Waals surface area contributed by atoms with Crippen LogP contribution in [-0.4, -0.2) is 42.7 Å². The predicted octanol–water partition coefficient (Wildman–Crippen LogP) is 3.55. The predicted molar refractivity (Wildman–Crippen MR) is 121 cm³/mol. The summed E-state index contributed by atoms with van der Waals surface area (Å²) in [5.74, 6) is 0.687. The van der Waals surface area contributed by atoms with Crippen LogP contribution < -0.4 is 10.2 Å². The molecule has 0 fully saturated rings. The van der Waals surface area contributed by atoms with Crippen molar-refractivity contribution in [2.75, 3.05) is 0 Å². The van der Waals surface area contributed by atoms with Crippen LogP contribution in [0.5, 0.6) is 5.75 Å². The molecule has 0 saturated carbocycles. The molecule has 5 nitrogen and oxygen atoms in total. The van der Waals surface area contributed by atoms with Crippen LogP contribution in [0.3, 0.4) is 0 Å². The molecule has 0 radical (unpaired) electrons. The second-order valence-corrected chi connectivity index (χ2v) is 13.8. The third-order valence-electron chi connectivity index (χ3n) is 5.72. The van der Waals surface area contributed by atoms with Crippen molar-refractivity contribution in [1.29, 1.82) is 0 Å². The molecule has 2 aromatic rings. The molecule has 158 valence electrons. The molecule has 2 N–H and O–H groups in total. The van der Waals surface area contributed by atoms with Gasteiger partial charge >= 0.3 is 7.12 Å². The monoisotopic (exact) mass is 415 g/mol. The fraction of sp³-hybridized carbons (Fsp3) is 0.500. The number of hydrogen-bond donors (Lipinski definition) is 2. The molecule has 0 bridgehead atoms. The SMILES string of the molecule is CC(Oc1ccc(B(O)O)cc1)C(CCc1cccnc1)O[Si](C)(C)C(C)(C)C. The van der Waals surface area contributed by atoms with Gasteiger partial charge in [0.2, 0.25) is 0 Å². The Labute approximate surface area is 176 Å².